The van der Waals surface area contributed by atoms with Crippen molar-refractivity contribution in [1.82, 2.24) is 14.8 Å². The van der Waals surface area contributed by atoms with Gasteiger partial charge in [0.05, 0.1) is 5.69 Å². The van der Waals surface area contributed by atoms with Crippen molar-refractivity contribution in [1.29, 1.82) is 0 Å². The lowest BCUT2D eigenvalue weighted by Crippen LogP contribution is -2.10. The Labute approximate surface area is 109 Å². The van der Waals surface area contributed by atoms with Gasteiger partial charge in [0, 0.05) is 10.9 Å². The Balaban J connectivity index is 2.51. The molecule has 0 amide bonds. The summed E-state index contributed by atoms with van der Waals surface area (Å²) in [6.45, 7) is 4.53. The molecule has 2 N–H and O–H groups in total. The van der Waals surface area contributed by atoms with E-state index in [4.69, 9.17) is 5.73 Å². The van der Waals surface area contributed by atoms with Crippen LogP contribution in [0.15, 0.2) is 22.7 Å². The monoisotopic (exact) mass is 294 g/mol. The maximum absolute atomic E-state index is 5.59. The molecule has 0 saturated heterocycles. The number of aromatic nitrogens is 3. The highest BCUT2D eigenvalue weighted by atomic mass is 79.9. The summed E-state index contributed by atoms with van der Waals surface area (Å²) in [6, 6.07) is 6.11. The zero-order chi connectivity index (χ0) is 12.4. The van der Waals surface area contributed by atoms with Crippen LogP contribution in [0.4, 0.5) is 0 Å². The quantitative estimate of drug-likeness (QED) is 0.944. The molecule has 0 aliphatic rings. The van der Waals surface area contributed by atoms with Crippen molar-refractivity contribution in [2.45, 2.75) is 20.3 Å². The fourth-order valence-electron chi connectivity index (χ4n) is 1.80. The molecule has 0 bridgehead atoms. The van der Waals surface area contributed by atoms with E-state index in [2.05, 4.69) is 39.0 Å². The van der Waals surface area contributed by atoms with E-state index in [-0.39, 0.29) is 0 Å². The number of nitrogens with two attached hydrogens (primary N) is 1. The molecule has 1 aromatic heterocycles. The van der Waals surface area contributed by atoms with Crippen molar-refractivity contribution in [3.63, 3.8) is 0 Å². The van der Waals surface area contributed by atoms with E-state index in [0.717, 1.165) is 33.8 Å². The third-order valence-electron chi connectivity index (χ3n) is 2.54. The van der Waals surface area contributed by atoms with Crippen LogP contribution in [0.2, 0.25) is 0 Å². The van der Waals surface area contributed by atoms with Gasteiger partial charge in [-0.1, -0.05) is 15.9 Å². The number of hydrogen-bond acceptors (Lipinski definition) is 3. The van der Waals surface area contributed by atoms with Crippen LogP contribution in [-0.2, 0) is 6.42 Å². The first kappa shape index (κ1) is 12.3. The highest BCUT2D eigenvalue weighted by Gasteiger charge is 2.10. The lowest BCUT2D eigenvalue weighted by Gasteiger charge is -2.08. The van der Waals surface area contributed by atoms with Crippen LogP contribution in [0.3, 0.4) is 0 Å². The van der Waals surface area contributed by atoms with Gasteiger partial charge in [0.2, 0.25) is 0 Å². The van der Waals surface area contributed by atoms with Crippen LogP contribution in [0.25, 0.3) is 5.69 Å². The first-order valence-corrected chi connectivity index (χ1v) is 6.30. The molecule has 0 spiro atoms. The smallest absolute Gasteiger partial charge is 0.148 e. The SMILES string of the molecule is Cc1nc(CCN)n(-c2ccc(Br)cc2C)n1. The molecule has 0 aliphatic carbocycles. The van der Waals surface area contributed by atoms with E-state index in [9.17, 15) is 0 Å². The second-order valence-corrected chi connectivity index (χ2v) is 4.87. The minimum Gasteiger partial charge on any atom is -0.330 e. The molecule has 0 fully saturated rings. The number of benzene rings is 1. The van der Waals surface area contributed by atoms with E-state index in [1.165, 1.54) is 0 Å². The summed E-state index contributed by atoms with van der Waals surface area (Å²) in [7, 11) is 0. The predicted molar refractivity (Wildman–Crippen MR) is 71.3 cm³/mol. The molecule has 90 valence electrons. The first-order valence-electron chi connectivity index (χ1n) is 5.51. The molecule has 2 rings (SSSR count). The number of rotatable bonds is 3. The normalized spacial score (nSPS) is 10.8. The average molecular weight is 295 g/mol. The summed E-state index contributed by atoms with van der Waals surface area (Å²) in [6.07, 6.45) is 0.732. The molecule has 4 nitrogen and oxygen atoms in total. The van der Waals surface area contributed by atoms with Crippen molar-refractivity contribution < 1.29 is 0 Å². The zero-order valence-electron chi connectivity index (χ0n) is 9.94. The van der Waals surface area contributed by atoms with Crippen molar-refractivity contribution in [3.05, 3.63) is 39.9 Å². The van der Waals surface area contributed by atoms with E-state index in [1.807, 2.05) is 23.7 Å². The topological polar surface area (TPSA) is 56.7 Å². The van der Waals surface area contributed by atoms with Gasteiger partial charge in [0.15, 0.2) is 0 Å². The zero-order valence-corrected chi connectivity index (χ0v) is 11.5. The van der Waals surface area contributed by atoms with Gasteiger partial charge in [-0.25, -0.2) is 9.67 Å². The van der Waals surface area contributed by atoms with E-state index >= 15 is 0 Å². The van der Waals surface area contributed by atoms with Crippen molar-refractivity contribution in [2.24, 2.45) is 5.73 Å². The molecule has 1 aromatic carbocycles. The van der Waals surface area contributed by atoms with Gasteiger partial charge in [-0.3, -0.25) is 0 Å². The van der Waals surface area contributed by atoms with Crippen LogP contribution in [0, 0.1) is 13.8 Å². The fourth-order valence-corrected chi connectivity index (χ4v) is 2.27. The predicted octanol–water partition coefficient (Wildman–Crippen LogP) is 2.15. The first-order chi connectivity index (χ1) is 8.11. The molecule has 2 aromatic rings. The maximum atomic E-state index is 5.59. The molecule has 0 unspecified atom stereocenters. The lowest BCUT2D eigenvalue weighted by atomic mass is 10.2. The second-order valence-electron chi connectivity index (χ2n) is 3.96. The minimum absolute atomic E-state index is 0.577. The molecule has 1 heterocycles. The van der Waals surface area contributed by atoms with Crippen molar-refractivity contribution in [3.8, 4) is 5.69 Å². The van der Waals surface area contributed by atoms with Gasteiger partial charge in [-0.15, -0.1) is 0 Å². The summed E-state index contributed by atoms with van der Waals surface area (Å²) < 4.78 is 2.94. The summed E-state index contributed by atoms with van der Waals surface area (Å²) in [5, 5.41) is 4.42. The molecular formula is C12H15BrN4. The van der Waals surface area contributed by atoms with Gasteiger partial charge in [-0.05, 0) is 44.2 Å². The number of hydrogen-bond donors (Lipinski definition) is 1. The Bertz CT molecular complexity index is 533. The second kappa shape index (κ2) is 4.98. The maximum Gasteiger partial charge on any atom is 0.148 e. The van der Waals surface area contributed by atoms with Crippen LogP contribution in [0.5, 0.6) is 0 Å². The molecule has 17 heavy (non-hydrogen) atoms. The number of halogens is 1. The Morgan fingerprint density at radius 3 is 2.76 bits per heavy atom. The molecule has 0 saturated carbocycles. The Hall–Kier alpha value is -1.20. The number of nitrogens with zero attached hydrogens (tertiary/aromatic N) is 3. The van der Waals surface area contributed by atoms with E-state index in [0.29, 0.717) is 6.54 Å². The Morgan fingerprint density at radius 2 is 2.12 bits per heavy atom. The van der Waals surface area contributed by atoms with E-state index < -0.39 is 0 Å². The average Bonchev–Trinajstić information content (AvgIpc) is 2.60. The van der Waals surface area contributed by atoms with Gasteiger partial charge in [0.1, 0.15) is 11.6 Å². The Morgan fingerprint density at radius 1 is 1.35 bits per heavy atom. The largest absolute Gasteiger partial charge is 0.330 e. The summed E-state index contributed by atoms with van der Waals surface area (Å²) in [5.74, 6) is 1.69. The number of aryl methyl sites for hydroxylation is 2. The summed E-state index contributed by atoms with van der Waals surface area (Å²) in [5.41, 5.74) is 7.80. The molecule has 0 atom stereocenters. The molecule has 0 aliphatic heterocycles. The third kappa shape index (κ3) is 2.56. The highest BCUT2D eigenvalue weighted by Crippen LogP contribution is 2.20. The van der Waals surface area contributed by atoms with Crippen LogP contribution in [0.1, 0.15) is 17.2 Å². The minimum atomic E-state index is 0.577. The third-order valence-corrected chi connectivity index (χ3v) is 3.03. The van der Waals surface area contributed by atoms with Crippen molar-refractivity contribution >= 4 is 15.9 Å². The molecule has 0 radical (unpaired) electrons. The summed E-state index contributed by atoms with van der Waals surface area (Å²) >= 11 is 3.46. The van der Waals surface area contributed by atoms with Crippen molar-refractivity contribution in [2.75, 3.05) is 6.54 Å². The summed E-state index contributed by atoms with van der Waals surface area (Å²) in [4.78, 5) is 4.40. The molecular weight excluding hydrogens is 280 g/mol. The van der Waals surface area contributed by atoms with Gasteiger partial charge < -0.3 is 5.73 Å². The van der Waals surface area contributed by atoms with Gasteiger partial charge in [-0.2, -0.15) is 5.10 Å². The standard InChI is InChI=1S/C12H15BrN4/c1-8-7-10(13)3-4-11(8)17-12(5-6-14)15-9(2)16-17/h3-4,7H,5-6,14H2,1-2H3. The van der Waals surface area contributed by atoms with Crippen LogP contribution < -0.4 is 5.73 Å². The fraction of sp³-hybridized carbons (Fsp3) is 0.333. The molecule has 5 heteroatoms. The van der Waals surface area contributed by atoms with E-state index in [1.54, 1.807) is 0 Å². The van der Waals surface area contributed by atoms with Crippen LogP contribution in [-0.4, -0.2) is 21.3 Å². The lowest BCUT2D eigenvalue weighted by molar-refractivity contribution is 0.769. The Kier molecular flexibility index (Phi) is 3.59. The van der Waals surface area contributed by atoms with Crippen LogP contribution >= 0.6 is 15.9 Å². The van der Waals surface area contributed by atoms with Gasteiger partial charge >= 0.3 is 0 Å². The highest BCUT2D eigenvalue weighted by molar-refractivity contribution is 9.10. The van der Waals surface area contributed by atoms with Gasteiger partial charge in [0.25, 0.3) is 0 Å².